The van der Waals surface area contributed by atoms with Crippen LogP contribution in [0.15, 0.2) is 18.2 Å². The largest absolute Gasteiger partial charge is 0.486 e. The number of likely N-dealkylation sites (N-methyl/N-ethyl adjacent to an activating group) is 1. The van der Waals surface area contributed by atoms with Gasteiger partial charge in [-0.25, -0.2) is 0 Å². The number of benzene rings is 1. The van der Waals surface area contributed by atoms with Gasteiger partial charge in [-0.15, -0.1) is 0 Å². The van der Waals surface area contributed by atoms with E-state index in [1.807, 2.05) is 6.07 Å². The zero-order valence-electron chi connectivity index (χ0n) is 13.3. The maximum absolute atomic E-state index is 10.9. The Morgan fingerprint density at radius 1 is 1.20 bits per heavy atom. The van der Waals surface area contributed by atoms with Crippen molar-refractivity contribution in [2.24, 2.45) is 0 Å². The van der Waals surface area contributed by atoms with Gasteiger partial charge in [0, 0.05) is 5.56 Å². The number of aliphatic hydroxyl groups excluding tert-OH is 1. The van der Waals surface area contributed by atoms with Gasteiger partial charge in [-0.1, -0.05) is 26.8 Å². The van der Waals surface area contributed by atoms with Crippen LogP contribution in [0.5, 0.6) is 5.75 Å². The normalized spacial score (nSPS) is 24.4. The van der Waals surface area contributed by atoms with E-state index < -0.39 is 11.7 Å². The van der Waals surface area contributed by atoms with Crippen LogP contribution in [0.4, 0.5) is 0 Å². The van der Waals surface area contributed by atoms with Crippen molar-refractivity contribution in [3.8, 4) is 5.75 Å². The van der Waals surface area contributed by atoms with Crippen LogP contribution < -0.4 is 4.74 Å². The van der Waals surface area contributed by atoms with E-state index in [-0.39, 0.29) is 6.04 Å². The Balaban J connectivity index is 2.45. The second-order valence-corrected chi connectivity index (χ2v) is 6.04. The molecule has 112 valence electrons. The van der Waals surface area contributed by atoms with Crippen LogP contribution in [0, 0.1) is 0 Å². The second-order valence-electron chi connectivity index (χ2n) is 6.04. The van der Waals surface area contributed by atoms with Gasteiger partial charge < -0.3 is 9.84 Å². The topological polar surface area (TPSA) is 32.7 Å². The molecule has 1 N–H and O–H groups in total. The molecule has 0 radical (unpaired) electrons. The molecule has 1 aliphatic heterocycles. The Labute approximate surface area is 122 Å². The average molecular weight is 277 g/mol. The number of aryl methyl sites for hydroxylation is 1. The van der Waals surface area contributed by atoms with Crippen molar-refractivity contribution in [2.45, 2.75) is 58.8 Å². The van der Waals surface area contributed by atoms with Crippen LogP contribution in [0.3, 0.4) is 0 Å². The van der Waals surface area contributed by atoms with Crippen LogP contribution >= 0.6 is 0 Å². The summed E-state index contributed by atoms with van der Waals surface area (Å²) in [4.78, 5) is 2.28. The predicted molar refractivity (Wildman–Crippen MR) is 82.2 cm³/mol. The first-order valence-electron chi connectivity index (χ1n) is 7.68. The number of aliphatic hydroxyl groups is 1. The van der Waals surface area contributed by atoms with Gasteiger partial charge in [0.05, 0.1) is 6.04 Å². The molecule has 3 nitrogen and oxygen atoms in total. The second kappa shape index (κ2) is 5.74. The van der Waals surface area contributed by atoms with E-state index in [9.17, 15) is 5.11 Å². The molecule has 2 atom stereocenters. The van der Waals surface area contributed by atoms with Gasteiger partial charge in [0.1, 0.15) is 17.5 Å². The van der Waals surface area contributed by atoms with Crippen LogP contribution in [0.25, 0.3) is 0 Å². The van der Waals surface area contributed by atoms with Gasteiger partial charge in [0.25, 0.3) is 0 Å². The number of ether oxygens (including phenoxy) is 1. The molecular weight excluding hydrogens is 250 g/mol. The summed E-state index contributed by atoms with van der Waals surface area (Å²) in [6.07, 6.45) is 0.472. The summed E-state index contributed by atoms with van der Waals surface area (Å²) in [5.74, 6) is 0.822. The summed E-state index contributed by atoms with van der Waals surface area (Å²) < 4.78 is 6.18. The van der Waals surface area contributed by atoms with Gasteiger partial charge in [0.2, 0.25) is 0 Å². The molecule has 2 rings (SSSR count). The molecule has 0 aromatic heterocycles. The average Bonchev–Trinajstić information content (AvgIpc) is 2.42. The zero-order chi connectivity index (χ0) is 14.9. The van der Waals surface area contributed by atoms with Crippen LogP contribution in [-0.4, -0.2) is 34.7 Å². The van der Waals surface area contributed by atoms with Gasteiger partial charge in [0.15, 0.2) is 0 Å². The minimum absolute atomic E-state index is 0.0166. The molecule has 2 unspecified atom stereocenters. The minimum Gasteiger partial charge on any atom is -0.486 e. The van der Waals surface area contributed by atoms with Crippen molar-refractivity contribution in [2.75, 3.05) is 13.1 Å². The summed E-state index contributed by atoms with van der Waals surface area (Å²) >= 11 is 0. The van der Waals surface area contributed by atoms with Gasteiger partial charge >= 0.3 is 0 Å². The summed E-state index contributed by atoms with van der Waals surface area (Å²) in [6, 6.07) is 6.15. The van der Waals surface area contributed by atoms with E-state index >= 15 is 0 Å². The Morgan fingerprint density at radius 2 is 1.85 bits per heavy atom. The molecule has 0 amide bonds. The highest BCUT2D eigenvalue weighted by Crippen LogP contribution is 2.42. The van der Waals surface area contributed by atoms with E-state index in [1.165, 1.54) is 5.56 Å². The highest BCUT2D eigenvalue weighted by Gasteiger charge is 2.45. The molecule has 1 aliphatic rings. The van der Waals surface area contributed by atoms with E-state index in [4.69, 9.17) is 4.74 Å². The first kappa shape index (κ1) is 15.3. The third-order valence-electron chi connectivity index (χ3n) is 4.39. The molecule has 1 aromatic rings. The summed E-state index contributed by atoms with van der Waals surface area (Å²) in [7, 11) is 0. The van der Waals surface area contributed by atoms with Gasteiger partial charge in [-0.05, 0) is 51.1 Å². The molecular formula is C17H27NO2. The van der Waals surface area contributed by atoms with Crippen molar-refractivity contribution in [3.05, 3.63) is 29.3 Å². The molecule has 0 bridgehead atoms. The number of hydrogen-bond acceptors (Lipinski definition) is 3. The monoisotopic (exact) mass is 277 g/mol. The maximum Gasteiger partial charge on any atom is 0.126 e. The van der Waals surface area contributed by atoms with Crippen LogP contribution in [-0.2, 0) is 6.42 Å². The summed E-state index contributed by atoms with van der Waals surface area (Å²) in [5, 5.41) is 10.9. The summed E-state index contributed by atoms with van der Waals surface area (Å²) in [6.45, 7) is 12.3. The highest BCUT2D eigenvalue weighted by atomic mass is 16.5. The maximum atomic E-state index is 10.9. The van der Waals surface area contributed by atoms with Crippen LogP contribution in [0.2, 0.25) is 0 Å². The lowest BCUT2D eigenvalue weighted by Gasteiger charge is -2.47. The fourth-order valence-corrected chi connectivity index (χ4v) is 3.29. The van der Waals surface area contributed by atoms with Gasteiger partial charge in [-0.3, -0.25) is 4.90 Å². The fourth-order valence-electron chi connectivity index (χ4n) is 3.29. The Kier molecular flexibility index (Phi) is 4.40. The number of rotatable bonds is 4. The zero-order valence-corrected chi connectivity index (χ0v) is 13.3. The Morgan fingerprint density at radius 3 is 2.40 bits per heavy atom. The molecule has 0 aliphatic carbocycles. The number of fused-ring (bicyclic) bond motifs is 1. The van der Waals surface area contributed by atoms with E-state index in [0.29, 0.717) is 0 Å². The minimum atomic E-state index is -0.500. The van der Waals surface area contributed by atoms with Crippen molar-refractivity contribution in [3.63, 3.8) is 0 Å². The van der Waals surface area contributed by atoms with E-state index in [1.54, 1.807) is 0 Å². The van der Waals surface area contributed by atoms with E-state index in [0.717, 1.165) is 30.8 Å². The lowest BCUT2D eigenvalue weighted by atomic mass is 9.84. The molecule has 3 heteroatoms. The molecule has 1 aromatic carbocycles. The van der Waals surface area contributed by atoms with Gasteiger partial charge in [-0.2, -0.15) is 0 Å². The third kappa shape index (κ3) is 2.57. The first-order valence-corrected chi connectivity index (χ1v) is 7.68. The smallest absolute Gasteiger partial charge is 0.126 e. The molecule has 0 fully saturated rings. The summed E-state index contributed by atoms with van der Waals surface area (Å²) in [5.41, 5.74) is 1.77. The van der Waals surface area contributed by atoms with Crippen molar-refractivity contribution in [1.82, 2.24) is 4.90 Å². The molecule has 20 heavy (non-hydrogen) atoms. The standard InChI is InChI=1S/C17H27NO2/c1-6-12-9-10-14-13(11-12)15(19)16(17(4,5)20-14)18(7-2)8-3/h9-11,15-16,19H,6-8H2,1-5H3. The molecule has 0 saturated heterocycles. The van der Waals surface area contributed by atoms with E-state index in [2.05, 4.69) is 51.7 Å². The molecule has 1 heterocycles. The fraction of sp³-hybridized carbons (Fsp3) is 0.647. The van der Waals surface area contributed by atoms with Crippen molar-refractivity contribution in [1.29, 1.82) is 0 Å². The Bertz CT molecular complexity index is 466. The van der Waals surface area contributed by atoms with Crippen molar-refractivity contribution >= 4 is 0 Å². The van der Waals surface area contributed by atoms with Crippen LogP contribution in [0.1, 0.15) is 51.8 Å². The predicted octanol–water partition coefficient (Wildman–Crippen LogP) is 3.16. The molecule has 0 saturated carbocycles. The number of hydrogen-bond donors (Lipinski definition) is 1. The van der Waals surface area contributed by atoms with Crippen molar-refractivity contribution < 1.29 is 9.84 Å². The first-order chi connectivity index (χ1) is 9.44. The molecule has 0 spiro atoms. The number of nitrogens with zero attached hydrogens (tertiary/aromatic N) is 1. The Hall–Kier alpha value is -1.06. The third-order valence-corrected chi connectivity index (χ3v) is 4.39. The highest BCUT2D eigenvalue weighted by molar-refractivity contribution is 5.42. The lowest BCUT2D eigenvalue weighted by molar-refractivity contribution is -0.0799. The SMILES string of the molecule is CCc1ccc2c(c1)C(O)C(N(CC)CC)C(C)(C)O2. The lowest BCUT2D eigenvalue weighted by Crippen LogP contribution is -2.57. The quantitative estimate of drug-likeness (QED) is 0.917.